The van der Waals surface area contributed by atoms with Gasteiger partial charge in [0.15, 0.2) is 0 Å². The molecule has 0 unspecified atom stereocenters. The van der Waals surface area contributed by atoms with Crippen molar-refractivity contribution < 1.29 is 10.2 Å². The van der Waals surface area contributed by atoms with E-state index in [1.54, 1.807) is 18.2 Å². The predicted octanol–water partition coefficient (Wildman–Crippen LogP) is 1.81. The molecule has 2 rings (SSSR count). The van der Waals surface area contributed by atoms with Crippen molar-refractivity contribution in [1.29, 1.82) is 0 Å². The van der Waals surface area contributed by atoms with E-state index < -0.39 is 0 Å². The Labute approximate surface area is 85.4 Å². The number of benzene rings is 1. The summed E-state index contributed by atoms with van der Waals surface area (Å²) in [5.41, 5.74) is 5.42. The molecular formula is C10H11NO2S. The van der Waals surface area contributed by atoms with E-state index in [-0.39, 0.29) is 11.5 Å². The number of hydrogen-bond donors (Lipinski definition) is 3. The predicted molar refractivity (Wildman–Crippen MR) is 57.9 cm³/mol. The first-order chi connectivity index (χ1) is 6.74. The summed E-state index contributed by atoms with van der Waals surface area (Å²) < 4.78 is 0.730. The molecule has 0 bridgehead atoms. The Bertz CT molecular complexity index is 464. The Morgan fingerprint density at radius 2 is 2.07 bits per heavy atom. The molecule has 3 nitrogen and oxygen atoms in total. The van der Waals surface area contributed by atoms with E-state index in [0.29, 0.717) is 18.4 Å². The third-order valence-electron chi connectivity index (χ3n) is 2.11. The molecule has 0 radical (unpaired) electrons. The number of thiophene rings is 1. The molecule has 14 heavy (non-hydrogen) atoms. The van der Waals surface area contributed by atoms with Gasteiger partial charge in [-0.15, -0.1) is 11.3 Å². The molecular weight excluding hydrogens is 198 g/mol. The van der Waals surface area contributed by atoms with Crippen molar-refractivity contribution in [3.63, 3.8) is 0 Å². The van der Waals surface area contributed by atoms with Crippen molar-refractivity contribution in [2.24, 2.45) is 5.73 Å². The molecule has 1 aromatic heterocycles. The van der Waals surface area contributed by atoms with Gasteiger partial charge in [0.2, 0.25) is 0 Å². The molecule has 0 spiro atoms. The van der Waals surface area contributed by atoms with Gasteiger partial charge >= 0.3 is 0 Å². The summed E-state index contributed by atoms with van der Waals surface area (Å²) in [6, 6.07) is 5.13. The summed E-state index contributed by atoms with van der Waals surface area (Å²) in [6.07, 6.45) is 0.643. The van der Waals surface area contributed by atoms with Crippen LogP contribution in [0.4, 0.5) is 0 Å². The molecule has 0 saturated heterocycles. The number of fused-ring (bicyclic) bond motifs is 1. The zero-order chi connectivity index (χ0) is 10.1. The van der Waals surface area contributed by atoms with Crippen molar-refractivity contribution in [2.45, 2.75) is 6.42 Å². The molecule has 0 aliphatic heterocycles. The van der Waals surface area contributed by atoms with E-state index in [4.69, 9.17) is 5.73 Å². The van der Waals surface area contributed by atoms with Crippen LogP contribution in [0.5, 0.6) is 11.5 Å². The lowest BCUT2D eigenvalue weighted by Crippen LogP contribution is -2.00. The minimum Gasteiger partial charge on any atom is -0.506 e. The summed E-state index contributed by atoms with van der Waals surface area (Å²) in [6.45, 7) is 0.501. The first kappa shape index (κ1) is 9.30. The number of phenolic OH excluding ortho intramolecular Hbond substituents is 1. The largest absolute Gasteiger partial charge is 0.506 e. The van der Waals surface area contributed by atoms with Gasteiger partial charge in [0.05, 0.1) is 4.70 Å². The normalized spacial score (nSPS) is 10.9. The minimum atomic E-state index is 0.214. The lowest BCUT2D eigenvalue weighted by Gasteiger charge is -1.93. The van der Waals surface area contributed by atoms with Crippen molar-refractivity contribution in [3.8, 4) is 11.5 Å². The van der Waals surface area contributed by atoms with Gasteiger partial charge in [0.1, 0.15) is 11.5 Å². The molecule has 4 N–H and O–H groups in total. The molecule has 0 fully saturated rings. The van der Waals surface area contributed by atoms with Gasteiger partial charge in [-0.2, -0.15) is 0 Å². The van der Waals surface area contributed by atoms with Gasteiger partial charge in [-0.1, -0.05) is 6.07 Å². The van der Waals surface area contributed by atoms with E-state index in [1.165, 1.54) is 11.3 Å². The number of aromatic hydroxyl groups is 2. The highest BCUT2D eigenvalue weighted by Gasteiger charge is 2.12. The lowest BCUT2D eigenvalue weighted by molar-refractivity contribution is 0.475. The Morgan fingerprint density at radius 1 is 1.29 bits per heavy atom. The maximum Gasteiger partial charge on any atom is 0.137 e. The highest BCUT2D eigenvalue weighted by molar-refractivity contribution is 7.19. The first-order valence-electron chi connectivity index (χ1n) is 4.36. The molecule has 0 aliphatic rings. The summed E-state index contributed by atoms with van der Waals surface area (Å²) in [7, 11) is 0. The Morgan fingerprint density at radius 3 is 2.71 bits per heavy atom. The summed E-state index contributed by atoms with van der Waals surface area (Å²) in [5, 5.41) is 20.0. The fourth-order valence-electron chi connectivity index (χ4n) is 1.44. The smallest absolute Gasteiger partial charge is 0.137 e. The average Bonchev–Trinajstić information content (AvgIpc) is 2.48. The molecule has 1 aromatic carbocycles. The molecule has 74 valence electrons. The monoisotopic (exact) mass is 209 g/mol. The Kier molecular flexibility index (Phi) is 2.31. The average molecular weight is 209 g/mol. The van der Waals surface area contributed by atoms with Crippen LogP contribution < -0.4 is 5.73 Å². The highest BCUT2D eigenvalue weighted by Crippen LogP contribution is 2.41. The molecule has 1 heterocycles. The second kappa shape index (κ2) is 3.48. The van der Waals surface area contributed by atoms with Crippen molar-refractivity contribution in [3.05, 3.63) is 23.1 Å². The molecule has 0 amide bonds. The third kappa shape index (κ3) is 1.32. The second-order valence-corrected chi connectivity index (χ2v) is 4.17. The van der Waals surface area contributed by atoms with E-state index >= 15 is 0 Å². The van der Waals surface area contributed by atoms with Crippen LogP contribution in [0.2, 0.25) is 0 Å². The van der Waals surface area contributed by atoms with Crippen molar-refractivity contribution in [1.82, 2.24) is 0 Å². The number of hydrogen-bond acceptors (Lipinski definition) is 4. The van der Waals surface area contributed by atoms with Crippen molar-refractivity contribution >= 4 is 21.4 Å². The molecule has 0 saturated carbocycles. The van der Waals surface area contributed by atoms with Gasteiger partial charge in [-0.3, -0.25) is 0 Å². The van der Waals surface area contributed by atoms with Crippen LogP contribution in [0, 0.1) is 0 Å². The highest BCUT2D eigenvalue weighted by atomic mass is 32.1. The van der Waals surface area contributed by atoms with Gasteiger partial charge in [0.25, 0.3) is 0 Å². The van der Waals surface area contributed by atoms with Crippen LogP contribution in [0.3, 0.4) is 0 Å². The third-order valence-corrected chi connectivity index (χ3v) is 3.39. The Hall–Kier alpha value is -1.26. The van der Waals surface area contributed by atoms with Crippen molar-refractivity contribution in [2.75, 3.05) is 6.54 Å². The lowest BCUT2D eigenvalue weighted by atomic mass is 10.2. The van der Waals surface area contributed by atoms with Gasteiger partial charge in [-0.05, 0) is 25.1 Å². The van der Waals surface area contributed by atoms with Crippen LogP contribution in [0.15, 0.2) is 18.2 Å². The molecule has 4 heteroatoms. The van der Waals surface area contributed by atoms with E-state index in [1.807, 2.05) is 0 Å². The zero-order valence-corrected chi connectivity index (χ0v) is 8.34. The van der Waals surface area contributed by atoms with Crippen LogP contribution in [-0.4, -0.2) is 16.8 Å². The Balaban J connectivity index is 2.67. The fourth-order valence-corrected chi connectivity index (χ4v) is 2.56. The topological polar surface area (TPSA) is 66.5 Å². The van der Waals surface area contributed by atoms with Gasteiger partial charge < -0.3 is 15.9 Å². The maximum atomic E-state index is 9.79. The summed E-state index contributed by atoms with van der Waals surface area (Å²) in [5.74, 6) is 0.470. The number of rotatable bonds is 2. The SMILES string of the molecule is NCCc1sc2c(O)cccc2c1O. The van der Waals surface area contributed by atoms with Gasteiger partial charge in [0, 0.05) is 10.3 Å². The van der Waals surface area contributed by atoms with E-state index in [0.717, 1.165) is 9.58 Å². The van der Waals surface area contributed by atoms with Crippen LogP contribution in [0.1, 0.15) is 4.88 Å². The second-order valence-electron chi connectivity index (χ2n) is 3.07. The molecule has 0 aliphatic carbocycles. The van der Waals surface area contributed by atoms with E-state index in [9.17, 15) is 10.2 Å². The summed E-state index contributed by atoms with van der Waals surface area (Å²) in [4.78, 5) is 0.837. The molecule has 2 aromatic rings. The first-order valence-corrected chi connectivity index (χ1v) is 5.18. The van der Waals surface area contributed by atoms with Crippen LogP contribution in [0.25, 0.3) is 10.1 Å². The van der Waals surface area contributed by atoms with Crippen LogP contribution in [-0.2, 0) is 6.42 Å². The minimum absolute atomic E-state index is 0.214. The molecule has 0 atom stereocenters. The summed E-state index contributed by atoms with van der Waals surface area (Å²) >= 11 is 1.40. The quantitative estimate of drug-likeness (QED) is 0.706. The fraction of sp³-hybridized carbons (Fsp3) is 0.200. The standard InChI is InChI=1S/C10H11NO2S/c11-5-4-8-9(13)6-2-1-3-7(12)10(6)14-8/h1-3,12-13H,4-5,11H2. The zero-order valence-electron chi connectivity index (χ0n) is 7.53. The number of nitrogens with two attached hydrogens (primary N) is 1. The number of phenols is 1. The van der Waals surface area contributed by atoms with Gasteiger partial charge in [-0.25, -0.2) is 0 Å². The van der Waals surface area contributed by atoms with E-state index in [2.05, 4.69) is 0 Å². The van der Waals surface area contributed by atoms with Crippen LogP contribution >= 0.6 is 11.3 Å². The maximum absolute atomic E-state index is 9.79.